The van der Waals surface area contributed by atoms with Gasteiger partial charge in [0.05, 0.1) is 29.9 Å². The number of aryl methyl sites for hydroxylation is 6. The molecule has 0 unspecified atom stereocenters. The highest BCUT2D eigenvalue weighted by atomic mass is 19.2. The number of benzene rings is 8. The average molecular weight is 1730 g/mol. The van der Waals surface area contributed by atoms with Crippen LogP contribution in [-0.2, 0) is 44.9 Å². The van der Waals surface area contributed by atoms with E-state index in [4.69, 9.17) is 4.74 Å². The largest absolute Gasteiger partial charge is 0.481 e. The number of ketones is 4. The summed E-state index contributed by atoms with van der Waals surface area (Å²) in [5.74, 6) is -10.8. The molecule has 0 fully saturated rings. The highest BCUT2D eigenvalue weighted by Gasteiger charge is 2.26. The average Bonchev–Trinajstić information content (AvgIpc) is 0.808. The maximum Gasteiger partial charge on any atom is 0.226 e. The molecule has 0 bridgehead atoms. The molecule has 0 aliphatic rings. The summed E-state index contributed by atoms with van der Waals surface area (Å²) in [6.07, 6.45) is 8.40. The number of carbonyl (C=O) groups excluding carboxylic acids is 8. The van der Waals surface area contributed by atoms with Crippen molar-refractivity contribution >= 4 is 69.5 Å². The number of amides is 4. The topological polar surface area (TPSA) is 210 Å². The maximum absolute atomic E-state index is 14.7. The van der Waals surface area contributed by atoms with Gasteiger partial charge in [-0.25, -0.2) is 50.1 Å². The van der Waals surface area contributed by atoms with Crippen LogP contribution < -0.4 is 24.3 Å². The van der Waals surface area contributed by atoms with Crippen molar-refractivity contribution in [2.24, 2.45) is 0 Å². The van der Waals surface area contributed by atoms with Crippen LogP contribution in [0.5, 0.6) is 5.88 Å². The van der Waals surface area contributed by atoms with Gasteiger partial charge in [-0.2, -0.15) is 8.78 Å². The summed E-state index contributed by atoms with van der Waals surface area (Å²) in [5, 5.41) is 0. The number of methoxy groups -OCH3 is 1. The molecule has 0 aliphatic carbocycles. The van der Waals surface area contributed by atoms with Crippen LogP contribution in [0.4, 0.5) is 66.7 Å². The first-order valence-electron chi connectivity index (χ1n) is 40.4. The summed E-state index contributed by atoms with van der Waals surface area (Å²) in [6.45, 7) is 10.2. The number of hydrogen-bond donors (Lipinski definition) is 0. The van der Waals surface area contributed by atoms with Gasteiger partial charge in [-0.05, 0) is 151 Å². The van der Waals surface area contributed by atoms with Crippen molar-refractivity contribution in [1.82, 2.24) is 19.9 Å². The van der Waals surface area contributed by atoms with Crippen molar-refractivity contribution in [3.8, 4) is 50.4 Å². The Labute approximate surface area is 723 Å². The smallest absolute Gasteiger partial charge is 0.226 e. The predicted molar refractivity (Wildman–Crippen MR) is 465 cm³/mol. The van der Waals surface area contributed by atoms with Crippen LogP contribution in [0.3, 0.4) is 0 Å². The summed E-state index contributed by atoms with van der Waals surface area (Å²) in [6, 6.07) is 49.5. The molecule has 27 heteroatoms. The van der Waals surface area contributed by atoms with Crippen molar-refractivity contribution in [3.05, 3.63) is 327 Å². The van der Waals surface area contributed by atoms with Crippen LogP contribution >= 0.6 is 0 Å². The second-order valence-corrected chi connectivity index (χ2v) is 29.1. The van der Waals surface area contributed by atoms with Gasteiger partial charge in [-0.1, -0.05) is 149 Å². The Morgan fingerprint density at radius 1 is 0.317 bits per heavy atom. The number of pyridine rings is 4. The Balaban J connectivity index is 0.000000190. The number of hydrogen-bond acceptors (Lipinski definition) is 13. The first kappa shape index (κ1) is 95.8. The van der Waals surface area contributed by atoms with Gasteiger partial charge in [-0.3, -0.25) is 43.3 Å². The molecular weight excluding hydrogens is 1640 g/mol. The zero-order chi connectivity index (χ0) is 91.8. The first-order valence-corrected chi connectivity index (χ1v) is 40.4. The van der Waals surface area contributed by atoms with Crippen LogP contribution in [0.1, 0.15) is 154 Å². The van der Waals surface area contributed by atoms with E-state index in [1.165, 1.54) is 102 Å². The zero-order valence-electron chi connectivity index (χ0n) is 71.2. The van der Waals surface area contributed by atoms with E-state index in [-0.39, 0.29) is 137 Å². The normalized spacial score (nSPS) is 10.7. The number of anilines is 4. The fourth-order valence-corrected chi connectivity index (χ4v) is 13.3. The van der Waals surface area contributed by atoms with Crippen molar-refractivity contribution in [2.75, 3.05) is 54.9 Å². The Morgan fingerprint density at radius 2 is 0.619 bits per heavy atom. The van der Waals surface area contributed by atoms with E-state index in [2.05, 4.69) is 19.9 Å². The summed E-state index contributed by atoms with van der Waals surface area (Å²) >= 11 is 0. The molecule has 0 atom stereocenters. The molecule has 17 nitrogen and oxygen atoms in total. The molecule has 0 saturated heterocycles. The molecule has 12 rings (SSSR count). The highest BCUT2D eigenvalue weighted by Crippen LogP contribution is 2.37. The second kappa shape index (κ2) is 44.9. The third-order valence-electron chi connectivity index (χ3n) is 21.0. The second-order valence-electron chi connectivity index (χ2n) is 29.1. The fraction of sp³-hybridized carbons (Fsp3) is 0.232. The van der Waals surface area contributed by atoms with Crippen molar-refractivity contribution in [3.63, 3.8) is 0 Å². The van der Waals surface area contributed by atoms with Crippen LogP contribution in [0.25, 0.3) is 44.5 Å². The van der Waals surface area contributed by atoms with E-state index in [0.29, 0.717) is 88.2 Å². The van der Waals surface area contributed by atoms with E-state index in [1.807, 2.05) is 25.1 Å². The van der Waals surface area contributed by atoms with E-state index >= 15 is 0 Å². The molecule has 12 aromatic rings. The number of carbonyl (C=O) groups is 8. The first-order chi connectivity index (χ1) is 60.2. The minimum atomic E-state index is -1.10. The molecule has 652 valence electrons. The number of ether oxygens (including phenoxy) is 1. The van der Waals surface area contributed by atoms with E-state index in [1.54, 1.807) is 162 Å². The minimum absolute atomic E-state index is 0.0335. The monoisotopic (exact) mass is 1730 g/mol. The molecule has 0 radical (unpaired) electrons. The summed E-state index contributed by atoms with van der Waals surface area (Å²) < 4.78 is 148. The Kier molecular flexibility index (Phi) is 34.1. The predicted octanol–water partition coefficient (Wildman–Crippen LogP) is 21.8. The minimum Gasteiger partial charge on any atom is -0.481 e. The van der Waals surface area contributed by atoms with Crippen LogP contribution in [-0.4, -0.2) is 102 Å². The molecule has 4 aromatic heterocycles. The Morgan fingerprint density at radius 3 is 0.905 bits per heavy atom. The summed E-state index contributed by atoms with van der Waals surface area (Å²) in [7, 11) is 7.14. The molecule has 8 aromatic carbocycles. The molecule has 126 heavy (non-hydrogen) atoms. The van der Waals surface area contributed by atoms with Crippen molar-refractivity contribution in [2.45, 2.75) is 119 Å². The van der Waals surface area contributed by atoms with Gasteiger partial charge in [0, 0.05) is 160 Å². The lowest BCUT2D eigenvalue weighted by Gasteiger charge is -2.18. The van der Waals surface area contributed by atoms with Crippen LogP contribution in [0.2, 0.25) is 0 Å². The van der Waals surface area contributed by atoms with Crippen molar-refractivity contribution < 1.29 is 87.0 Å². The van der Waals surface area contributed by atoms with Gasteiger partial charge in [0.25, 0.3) is 0 Å². The van der Waals surface area contributed by atoms with Crippen LogP contribution in [0, 0.1) is 72.3 Å². The summed E-state index contributed by atoms with van der Waals surface area (Å²) in [5.41, 5.74) is 8.11. The SMILES string of the molecule is CCC(=O)N(C)c1ccc(-c2ccc(C(=O)CCc3ccc(C)nc3)cc2)c(F)c1F.CCC(=O)N(C)c1ccc(-c2ccc(C(=O)CCc3ccc(F)nc3)cc2)c(F)c1F.CCC(=O)N(C)c1ccc(-c2ccc(C(=O)CCc3ccc(F)nc3C)cc2)c(F)c1F.CCC(=O)N(C)c1ccc(-c2ccc(C(=O)CCc3cccnc3OC)cc2)c(F)c1F. The Hall–Kier alpha value is -14.0. The molecule has 0 N–H and O–H groups in total. The molecule has 0 spiro atoms. The number of nitrogens with zero attached hydrogens (tertiary/aromatic N) is 8. The van der Waals surface area contributed by atoms with Crippen LogP contribution in [0.15, 0.2) is 213 Å². The molecule has 0 aliphatic heterocycles. The number of aromatic nitrogens is 4. The van der Waals surface area contributed by atoms with Gasteiger partial charge in [-0.15, -0.1) is 0 Å². The van der Waals surface area contributed by atoms with Gasteiger partial charge in [0.2, 0.25) is 41.4 Å². The standard InChI is InChI=1S/C25H23F3N2O2.C25H24F2N2O3.C25H24F2N2O2.C24H21F3N2O2/c1-4-23(32)30(3)20-12-11-19(24(27)25(20)28)17-5-7-18(8-6-17)21(31)13-9-16-10-14-22(26)29-15(16)2;1-4-22(31)29(2)20-13-12-19(23(26)24(20)27)16-7-9-17(10-8-16)21(30)14-11-18-6-5-15-28-25(18)32-3;1-4-23(31)29(3)21-13-12-20(24(26)25(21)27)18-8-10-19(11-9-18)22(30)14-7-17-6-5-16(2)28-15-17;1-3-22(31)29(2)19-11-10-18(23(26)24(19)27)16-6-8-17(9-7-16)20(30)12-4-15-5-13-21(25)28-14-15/h5-8,10-12,14H,4,9,13H2,1-3H3;5-10,12-13,15H,4,11,14H2,1-3H3;5-6,8-13,15H,4,7,14H2,1-3H3;5-11,13-14H,3-4,12H2,1-2H3. The summed E-state index contributed by atoms with van der Waals surface area (Å²) in [4.78, 5) is 117. The number of rotatable bonds is 29. The third-order valence-corrected chi connectivity index (χ3v) is 21.0. The van der Waals surface area contributed by atoms with Gasteiger partial charge < -0.3 is 24.3 Å². The van der Waals surface area contributed by atoms with Gasteiger partial charge in [0.15, 0.2) is 69.7 Å². The lowest BCUT2D eigenvalue weighted by atomic mass is 9.98. The maximum atomic E-state index is 14.7. The molecule has 4 amide bonds. The lowest BCUT2D eigenvalue weighted by Crippen LogP contribution is -2.26. The lowest BCUT2D eigenvalue weighted by molar-refractivity contribution is -0.118. The number of Topliss-reactive ketones (excluding diaryl/α,β-unsaturated/α-hetero) is 4. The molecule has 0 saturated carbocycles. The molecule has 4 heterocycles. The van der Waals surface area contributed by atoms with Gasteiger partial charge >= 0.3 is 0 Å². The Bertz CT molecular complexity index is 5750. The zero-order valence-corrected chi connectivity index (χ0v) is 71.2. The van der Waals surface area contributed by atoms with Gasteiger partial charge in [0.1, 0.15) is 0 Å². The molecular formula is C99H92F10N8O9. The van der Waals surface area contributed by atoms with E-state index < -0.39 is 58.4 Å². The fourth-order valence-electron chi connectivity index (χ4n) is 13.3. The van der Waals surface area contributed by atoms with E-state index in [9.17, 15) is 82.3 Å². The number of halogens is 10. The highest BCUT2D eigenvalue weighted by molar-refractivity contribution is 6.00. The third kappa shape index (κ3) is 24.3. The van der Waals surface area contributed by atoms with Crippen molar-refractivity contribution in [1.29, 1.82) is 0 Å². The quantitative estimate of drug-likeness (QED) is 0.0243. The van der Waals surface area contributed by atoms with E-state index in [0.717, 1.165) is 47.5 Å².